The van der Waals surface area contributed by atoms with Crippen molar-refractivity contribution in [3.8, 4) is 0 Å². The van der Waals surface area contributed by atoms with Crippen molar-refractivity contribution < 1.29 is 0 Å². The van der Waals surface area contributed by atoms with Crippen molar-refractivity contribution in [2.24, 2.45) is 5.84 Å². The van der Waals surface area contributed by atoms with E-state index in [1.165, 1.54) is 6.42 Å². The van der Waals surface area contributed by atoms with Gasteiger partial charge >= 0.3 is 0 Å². The third kappa shape index (κ3) is 3.69. The number of aromatic amines is 1. The van der Waals surface area contributed by atoms with Gasteiger partial charge in [0, 0.05) is 28.2 Å². The molecule has 1 aromatic heterocycles. The van der Waals surface area contributed by atoms with Gasteiger partial charge in [0.25, 0.3) is 0 Å². The lowest BCUT2D eigenvalue weighted by atomic mass is 10.1. The van der Waals surface area contributed by atoms with Crippen LogP contribution in [0, 0.1) is 6.92 Å². The summed E-state index contributed by atoms with van der Waals surface area (Å²) in [5, 5.41) is 7.00. The average Bonchev–Trinajstić information content (AvgIpc) is 2.95. The van der Waals surface area contributed by atoms with E-state index in [4.69, 9.17) is 17.4 Å². The highest BCUT2D eigenvalue weighted by Crippen LogP contribution is 2.24. The molecule has 3 rings (SSSR count). The lowest BCUT2D eigenvalue weighted by Crippen LogP contribution is -2.51. The Labute approximate surface area is 148 Å². The van der Waals surface area contributed by atoms with E-state index in [-0.39, 0.29) is 0 Å². The molecule has 1 aliphatic heterocycles. The van der Waals surface area contributed by atoms with Crippen LogP contribution in [0.4, 0.5) is 0 Å². The molecular weight excluding hydrogens is 322 g/mol. The van der Waals surface area contributed by atoms with Crippen molar-refractivity contribution in [3.05, 3.63) is 46.9 Å². The lowest BCUT2D eigenvalue weighted by Gasteiger charge is -2.37. The van der Waals surface area contributed by atoms with Crippen molar-refractivity contribution >= 4 is 22.5 Å². The highest BCUT2D eigenvalue weighted by molar-refractivity contribution is 6.31. The third-order valence-corrected chi connectivity index (χ3v) is 4.95. The summed E-state index contributed by atoms with van der Waals surface area (Å²) in [6, 6.07) is 6.38. The molecule has 0 amide bonds. The van der Waals surface area contributed by atoms with Crippen LogP contribution in [-0.4, -0.2) is 41.1 Å². The van der Waals surface area contributed by atoms with E-state index in [0.717, 1.165) is 52.5 Å². The predicted octanol–water partition coefficient (Wildman–Crippen LogP) is 2.96. The zero-order valence-corrected chi connectivity index (χ0v) is 15.2. The maximum absolute atomic E-state index is 6.25. The van der Waals surface area contributed by atoms with Crippen molar-refractivity contribution in [1.29, 1.82) is 0 Å². The largest absolute Gasteiger partial charge is 0.366 e. The summed E-state index contributed by atoms with van der Waals surface area (Å²) in [5.41, 5.74) is 3.36. The Morgan fingerprint density at radius 3 is 3.04 bits per heavy atom. The first-order valence-corrected chi connectivity index (χ1v) is 8.75. The number of hydrogen-bond donors (Lipinski definition) is 3. The number of aromatic nitrogens is 1. The summed E-state index contributed by atoms with van der Waals surface area (Å²) in [6.07, 6.45) is 2.27. The normalized spacial score (nSPS) is 18.8. The number of benzene rings is 1. The molecule has 1 unspecified atom stereocenters. The van der Waals surface area contributed by atoms with Crippen LogP contribution in [0.1, 0.15) is 24.1 Å². The molecule has 2 aromatic rings. The van der Waals surface area contributed by atoms with Gasteiger partial charge in [-0.1, -0.05) is 18.2 Å². The number of nitrogens with zero attached hydrogens (tertiary/aromatic N) is 2. The van der Waals surface area contributed by atoms with Gasteiger partial charge in [0.2, 0.25) is 0 Å². The van der Waals surface area contributed by atoms with Crippen LogP contribution in [-0.2, 0) is 6.54 Å². The second-order valence-corrected chi connectivity index (χ2v) is 7.18. The zero-order chi connectivity index (χ0) is 17.3. The quantitative estimate of drug-likeness (QED) is 0.575. The number of hydrogen-bond acceptors (Lipinski definition) is 4. The fourth-order valence-corrected chi connectivity index (χ4v) is 3.69. The number of rotatable bonds is 5. The van der Waals surface area contributed by atoms with E-state index in [1.54, 1.807) is 5.01 Å². The Bertz CT molecular complexity index is 738. The fourth-order valence-electron chi connectivity index (χ4n) is 3.41. The number of nitrogens with one attached hydrogen (secondary N) is 2. The maximum atomic E-state index is 6.25. The number of fused-ring (bicyclic) bond motifs is 1. The van der Waals surface area contributed by atoms with Gasteiger partial charge in [0.1, 0.15) is 5.82 Å². The number of nitrogens with two attached hydrogens (primary N) is 1. The molecule has 0 saturated carbocycles. The molecular formula is C18H26ClN5. The van der Waals surface area contributed by atoms with Crippen molar-refractivity contribution in [1.82, 2.24) is 20.2 Å². The van der Waals surface area contributed by atoms with Crippen LogP contribution >= 0.6 is 11.6 Å². The van der Waals surface area contributed by atoms with Crippen LogP contribution in [0.3, 0.4) is 0 Å². The molecule has 1 aromatic carbocycles. The Morgan fingerprint density at radius 1 is 1.50 bits per heavy atom. The third-order valence-electron chi connectivity index (χ3n) is 4.73. The summed E-state index contributed by atoms with van der Waals surface area (Å²) >= 11 is 6.13. The van der Waals surface area contributed by atoms with E-state index in [9.17, 15) is 0 Å². The smallest absolute Gasteiger partial charge is 0.109 e. The zero-order valence-electron chi connectivity index (χ0n) is 14.4. The highest BCUT2D eigenvalue weighted by Gasteiger charge is 2.22. The number of piperidine rings is 1. The maximum Gasteiger partial charge on any atom is 0.109 e. The molecule has 0 aliphatic carbocycles. The summed E-state index contributed by atoms with van der Waals surface area (Å²) in [6.45, 7) is 8.92. The minimum Gasteiger partial charge on any atom is -0.366 e. The van der Waals surface area contributed by atoms with Crippen molar-refractivity contribution in [2.75, 3.05) is 20.1 Å². The molecule has 130 valence electrons. The number of aryl methyl sites for hydroxylation is 1. The second kappa shape index (κ2) is 7.05. The molecule has 24 heavy (non-hydrogen) atoms. The van der Waals surface area contributed by atoms with Gasteiger partial charge in [-0.05, 0) is 57.1 Å². The standard InChI is InChI=1S/C18H26ClN5/c1-12-7-15(19)8-14-9-16(22-18(12)14)10-21-13(2)24(20)17-5-4-6-23(3)11-17/h7-9,17,21-22H,2,4-6,10-11,20H2,1,3H3. The Morgan fingerprint density at radius 2 is 2.29 bits per heavy atom. The van der Waals surface area contributed by atoms with Crippen molar-refractivity contribution in [3.63, 3.8) is 0 Å². The summed E-state index contributed by atoms with van der Waals surface area (Å²) in [7, 11) is 2.13. The molecule has 1 fully saturated rings. The van der Waals surface area contributed by atoms with E-state index >= 15 is 0 Å². The highest BCUT2D eigenvalue weighted by atomic mass is 35.5. The average molecular weight is 348 g/mol. The van der Waals surface area contributed by atoms with Gasteiger partial charge in [0.15, 0.2) is 0 Å². The van der Waals surface area contributed by atoms with Crippen LogP contribution in [0.2, 0.25) is 5.02 Å². The summed E-state index contributed by atoms with van der Waals surface area (Å²) in [5.74, 6) is 7.01. The molecule has 0 spiro atoms. The molecule has 1 aliphatic rings. The van der Waals surface area contributed by atoms with Gasteiger partial charge in [-0.25, -0.2) is 5.84 Å². The van der Waals surface area contributed by atoms with E-state index in [2.05, 4.69) is 41.8 Å². The molecule has 1 saturated heterocycles. The van der Waals surface area contributed by atoms with E-state index in [0.29, 0.717) is 12.6 Å². The lowest BCUT2D eigenvalue weighted by molar-refractivity contribution is 0.134. The van der Waals surface area contributed by atoms with Gasteiger partial charge in [-0.3, -0.25) is 5.01 Å². The SMILES string of the molecule is C=C(NCc1cc2cc(Cl)cc(C)c2[nH]1)N(N)C1CCCN(C)C1. The Kier molecular flexibility index (Phi) is 5.04. The first-order valence-electron chi connectivity index (χ1n) is 8.37. The fraction of sp³-hybridized carbons (Fsp3) is 0.444. The topological polar surface area (TPSA) is 60.3 Å². The number of likely N-dealkylation sites (tertiary alicyclic amines) is 1. The van der Waals surface area contributed by atoms with Crippen LogP contribution in [0.25, 0.3) is 10.9 Å². The first kappa shape index (κ1) is 17.1. The second-order valence-electron chi connectivity index (χ2n) is 6.75. The van der Waals surface area contributed by atoms with Crippen LogP contribution in [0.5, 0.6) is 0 Å². The minimum absolute atomic E-state index is 0.313. The molecule has 4 N–H and O–H groups in total. The van der Waals surface area contributed by atoms with Gasteiger partial charge in [-0.15, -0.1) is 0 Å². The van der Waals surface area contributed by atoms with Crippen LogP contribution in [0.15, 0.2) is 30.6 Å². The number of hydrazine groups is 1. The molecule has 2 heterocycles. The van der Waals surface area contributed by atoms with Gasteiger partial charge in [0.05, 0.1) is 12.6 Å². The number of halogens is 1. The Balaban J connectivity index is 1.62. The molecule has 6 heteroatoms. The minimum atomic E-state index is 0.313. The molecule has 5 nitrogen and oxygen atoms in total. The predicted molar refractivity (Wildman–Crippen MR) is 101 cm³/mol. The summed E-state index contributed by atoms with van der Waals surface area (Å²) in [4.78, 5) is 5.75. The van der Waals surface area contributed by atoms with E-state index in [1.807, 2.05) is 12.1 Å². The van der Waals surface area contributed by atoms with Gasteiger partial charge < -0.3 is 15.2 Å². The first-order chi connectivity index (χ1) is 11.4. The molecule has 0 radical (unpaired) electrons. The molecule has 0 bridgehead atoms. The number of likely N-dealkylation sites (N-methyl/N-ethyl adjacent to an activating group) is 1. The van der Waals surface area contributed by atoms with Gasteiger partial charge in [-0.2, -0.15) is 0 Å². The van der Waals surface area contributed by atoms with Crippen LogP contribution < -0.4 is 11.2 Å². The van der Waals surface area contributed by atoms with Crippen molar-refractivity contribution in [2.45, 2.75) is 32.4 Å². The Hall–Kier alpha value is -1.69. The van der Waals surface area contributed by atoms with E-state index < -0.39 is 0 Å². The monoisotopic (exact) mass is 347 g/mol. The molecule has 1 atom stereocenters. The summed E-state index contributed by atoms with van der Waals surface area (Å²) < 4.78 is 0. The number of H-pyrrole nitrogens is 1.